The highest BCUT2D eigenvalue weighted by atomic mass is 32.1. The van der Waals surface area contributed by atoms with Crippen LogP contribution in [0.3, 0.4) is 0 Å². The second-order valence-electron chi connectivity index (χ2n) is 4.11. The van der Waals surface area contributed by atoms with Crippen LogP contribution in [0.1, 0.15) is 21.7 Å². The Hall–Kier alpha value is -1.86. The topological polar surface area (TPSA) is 77.0 Å². The van der Waals surface area contributed by atoms with Crippen LogP contribution in [0.15, 0.2) is 10.9 Å². The first kappa shape index (κ1) is 12.2. The lowest BCUT2D eigenvalue weighted by Gasteiger charge is -2.18. The second kappa shape index (κ2) is 5.02. The quantitative estimate of drug-likeness (QED) is 0.826. The molecular weight excluding hydrogens is 264 g/mol. The van der Waals surface area contributed by atoms with Gasteiger partial charge < -0.3 is 10.1 Å². The van der Waals surface area contributed by atoms with Crippen molar-refractivity contribution in [2.24, 2.45) is 0 Å². The molecule has 1 N–H and O–H groups in total. The number of carbonyl (C=O) groups is 1. The van der Waals surface area contributed by atoms with Gasteiger partial charge in [-0.3, -0.25) is 0 Å². The van der Waals surface area contributed by atoms with Gasteiger partial charge in [0.1, 0.15) is 5.69 Å². The minimum absolute atomic E-state index is 0.336. The van der Waals surface area contributed by atoms with Crippen molar-refractivity contribution in [2.75, 3.05) is 13.7 Å². The molecule has 98 valence electrons. The molecule has 0 aromatic carbocycles. The molecule has 0 atom stereocenters. The first-order valence-corrected chi connectivity index (χ1v) is 6.81. The van der Waals surface area contributed by atoms with Crippen LogP contribution >= 0.6 is 11.3 Å². The van der Waals surface area contributed by atoms with E-state index in [1.54, 1.807) is 5.51 Å². The van der Waals surface area contributed by atoms with Crippen LogP contribution < -0.4 is 5.32 Å². The molecule has 6 nitrogen and oxygen atoms in total. The lowest BCUT2D eigenvalue weighted by atomic mass is 10.0. The molecule has 3 rings (SSSR count). The van der Waals surface area contributed by atoms with Gasteiger partial charge in [-0.2, -0.15) is 0 Å². The average Bonchev–Trinajstić information content (AvgIpc) is 2.99. The van der Waals surface area contributed by atoms with Crippen LogP contribution in [0.2, 0.25) is 0 Å². The molecule has 0 amide bonds. The number of fused-ring (bicyclic) bond motifs is 1. The Kier molecular flexibility index (Phi) is 3.22. The van der Waals surface area contributed by atoms with Crippen molar-refractivity contribution in [1.82, 2.24) is 20.3 Å². The molecular formula is C12H12N4O2S. The lowest BCUT2D eigenvalue weighted by Crippen LogP contribution is -2.28. The maximum absolute atomic E-state index is 11.8. The number of esters is 1. The zero-order valence-corrected chi connectivity index (χ0v) is 11.2. The molecule has 19 heavy (non-hydrogen) atoms. The van der Waals surface area contributed by atoms with Crippen molar-refractivity contribution in [3.63, 3.8) is 0 Å². The molecule has 1 aliphatic rings. The number of thiazole rings is 1. The highest BCUT2D eigenvalue weighted by molar-refractivity contribution is 7.07. The standard InChI is InChI=1S/C12H12N4O2S/c1-18-12(17)10-7-4-13-3-2-8(7)15-11(16-10)9-5-19-6-14-9/h5-6,13H,2-4H2,1H3. The Balaban J connectivity index is 2.16. The molecule has 0 bridgehead atoms. The molecule has 0 saturated heterocycles. The van der Waals surface area contributed by atoms with E-state index in [2.05, 4.69) is 20.3 Å². The van der Waals surface area contributed by atoms with E-state index in [1.165, 1.54) is 18.4 Å². The Labute approximate surface area is 113 Å². The van der Waals surface area contributed by atoms with E-state index in [9.17, 15) is 4.79 Å². The molecule has 0 unspecified atom stereocenters. The molecule has 2 aromatic heterocycles. The van der Waals surface area contributed by atoms with Gasteiger partial charge in [-0.05, 0) is 0 Å². The minimum atomic E-state index is -0.432. The largest absolute Gasteiger partial charge is 0.464 e. The third-order valence-corrected chi connectivity index (χ3v) is 3.56. The van der Waals surface area contributed by atoms with Crippen LogP contribution in [0.5, 0.6) is 0 Å². The smallest absolute Gasteiger partial charge is 0.357 e. The number of aromatic nitrogens is 3. The van der Waals surface area contributed by atoms with E-state index in [4.69, 9.17) is 4.74 Å². The number of ether oxygens (including phenoxy) is 1. The minimum Gasteiger partial charge on any atom is -0.464 e. The first-order chi connectivity index (χ1) is 9.29. The molecule has 0 aliphatic carbocycles. The number of hydrogen-bond donors (Lipinski definition) is 1. The van der Waals surface area contributed by atoms with Gasteiger partial charge in [-0.15, -0.1) is 11.3 Å². The second-order valence-corrected chi connectivity index (χ2v) is 4.83. The first-order valence-electron chi connectivity index (χ1n) is 5.87. The van der Waals surface area contributed by atoms with Crippen molar-refractivity contribution in [3.8, 4) is 11.5 Å². The monoisotopic (exact) mass is 276 g/mol. The molecule has 2 aromatic rings. The zero-order chi connectivity index (χ0) is 13.2. The van der Waals surface area contributed by atoms with Crippen LogP contribution in [-0.2, 0) is 17.7 Å². The van der Waals surface area contributed by atoms with E-state index in [1.807, 2.05) is 5.38 Å². The molecule has 0 fully saturated rings. The highest BCUT2D eigenvalue weighted by Gasteiger charge is 2.23. The van der Waals surface area contributed by atoms with Gasteiger partial charge in [0.25, 0.3) is 0 Å². The summed E-state index contributed by atoms with van der Waals surface area (Å²) in [6, 6.07) is 0. The average molecular weight is 276 g/mol. The highest BCUT2D eigenvalue weighted by Crippen LogP contribution is 2.22. The number of methoxy groups -OCH3 is 1. The fourth-order valence-electron chi connectivity index (χ4n) is 2.05. The number of rotatable bonds is 2. The summed E-state index contributed by atoms with van der Waals surface area (Å²) in [6.45, 7) is 1.44. The summed E-state index contributed by atoms with van der Waals surface area (Å²) in [5.74, 6) is 0.0566. The van der Waals surface area contributed by atoms with E-state index < -0.39 is 5.97 Å². The summed E-state index contributed by atoms with van der Waals surface area (Å²) < 4.78 is 4.80. The van der Waals surface area contributed by atoms with Gasteiger partial charge >= 0.3 is 5.97 Å². The maximum Gasteiger partial charge on any atom is 0.357 e. The molecule has 0 saturated carbocycles. The van der Waals surface area contributed by atoms with Gasteiger partial charge in [0.05, 0.1) is 18.3 Å². The van der Waals surface area contributed by atoms with Gasteiger partial charge in [0.15, 0.2) is 11.5 Å². The number of nitrogens with zero attached hydrogens (tertiary/aromatic N) is 3. The Morgan fingerprint density at radius 2 is 2.37 bits per heavy atom. The van der Waals surface area contributed by atoms with Gasteiger partial charge in [-0.1, -0.05) is 0 Å². The molecule has 3 heterocycles. The maximum atomic E-state index is 11.8. The molecule has 1 aliphatic heterocycles. The van der Waals surface area contributed by atoms with Crippen molar-refractivity contribution in [2.45, 2.75) is 13.0 Å². The normalized spacial score (nSPS) is 13.9. The van der Waals surface area contributed by atoms with Crippen LogP contribution in [0, 0.1) is 0 Å². The van der Waals surface area contributed by atoms with Gasteiger partial charge in [0, 0.05) is 30.5 Å². The summed E-state index contributed by atoms with van der Waals surface area (Å²) in [7, 11) is 1.36. The summed E-state index contributed by atoms with van der Waals surface area (Å²) in [5, 5.41) is 5.08. The predicted octanol–water partition coefficient (Wildman–Crippen LogP) is 1.03. The van der Waals surface area contributed by atoms with Crippen LogP contribution in [0.4, 0.5) is 0 Å². The SMILES string of the molecule is COC(=O)c1nc(-c2cscn2)nc2c1CNCC2. The number of carbonyl (C=O) groups excluding carboxylic acids is 1. The van der Waals surface area contributed by atoms with E-state index in [0.717, 1.165) is 24.2 Å². The molecule has 0 spiro atoms. The fraction of sp³-hybridized carbons (Fsp3) is 0.333. The predicted molar refractivity (Wildman–Crippen MR) is 69.9 cm³/mol. The summed E-state index contributed by atoms with van der Waals surface area (Å²) >= 11 is 1.47. The Morgan fingerprint density at radius 3 is 3.11 bits per heavy atom. The Morgan fingerprint density at radius 1 is 1.47 bits per heavy atom. The third-order valence-electron chi connectivity index (χ3n) is 2.97. The van der Waals surface area contributed by atoms with E-state index >= 15 is 0 Å². The third kappa shape index (κ3) is 2.22. The van der Waals surface area contributed by atoms with Crippen molar-refractivity contribution in [3.05, 3.63) is 27.8 Å². The van der Waals surface area contributed by atoms with Crippen molar-refractivity contribution in [1.29, 1.82) is 0 Å². The zero-order valence-electron chi connectivity index (χ0n) is 10.3. The summed E-state index contributed by atoms with van der Waals surface area (Å²) in [4.78, 5) is 24.9. The van der Waals surface area contributed by atoms with E-state index in [0.29, 0.717) is 23.8 Å². The van der Waals surface area contributed by atoms with Crippen molar-refractivity contribution < 1.29 is 9.53 Å². The van der Waals surface area contributed by atoms with Crippen molar-refractivity contribution >= 4 is 17.3 Å². The lowest BCUT2D eigenvalue weighted by molar-refractivity contribution is 0.0592. The van der Waals surface area contributed by atoms with Crippen LogP contribution in [-0.4, -0.2) is 34.6 Å². The molecule has 7 heteroatoms. The fourth-order valence-corrected chi connectivity index (χ4v) is 2.58. The van der Waals surface area contributed by atoms with Gasteiger partial charge in [0.2, 0.25) is 0 Å². The summed E-state index contributed by atoms with van der Waals surface area (Å²) in [5.41, 5.74) is 4.48. The van der Waals surface area contributed by atoms with Gasteiger partial charge in [-0.25, -0.2) is 19.7 Å². The molecule has 0 radical (unpaired) electrons. The van der Waals surface area contributed by atoms with E-state index in [-0.39, 0.29) is 0 Å². The Bertz CT molecular complexity index is 612. The number of nitrogens with one attached hydrogen (secondary N) is 1. The van der Waals surface area contributed by atoms with Crippen LogP contribution in [0.25, 0.3) is 11.5 Å². The number of hydrogen-bond acceptors (Lipinski definition) is 7. The summed E-state index contributed by atoms with van der Waals surface area (Å²) in [6.07, 6.45) is 0.777.